The lowest BCUT2D eigenvalue weighted by molar-refractivity contribution is -0.130. The highest BCUT2D eigenvalue weighted by molar-refractivity contribution is 7.99. The van der Waals surface area contributed by atoms with Gasteiger partial charge in [-0.05, 0) is 24.3 Å². The van der Waals surface area contributed by atoms with Crippen LogP contribution in [-0.2, 0) is 11.3 Å². The molecule has 0 aliphatic carbocycles. The van der Waals surface area contributed by atoms with Crippen molar-refractivity contribution < 1.29 is 9.18 Å². The molecular formula is C13H15FN4OS. The number of aromatic amines is 1. The van der Waals surface area contributed by atoms with Gasteiger partial charge in [0.25, 0.3) is 0 Å². The number of halogens is 1. The molecule has 0 spiro atoms. The molecule has 2 rings (SSSR count). The van der Waals surface area contributed by atoms with Gasteiger partial charge in [0.15, 0.2) is 0 Å². The number of hydrogen-bond donors (Lipinski definition) is 1. The molecule has 0 unspecified atom stereocenters. The minimum absolute atomic E-state index is 0.0380. The predicted molar refractivity (Wildman–Crippen MR) is 74.6 cm³/mol. The molecule has 0 aliphatic rings. The first-order chi connectivity index (χ1) is 9.65. The molecule has 1 aromatic heterocycles. The Bertz CT molecular complexity index is 544. The van der Waals surface area contributed by atoms with Crippen molar-refractivity contribution in [2.45, 2.75) is 17.9 Å². The van der Waals surface area contributed by atoms with Crippen molar-refractivity contribution in [2.24, 2.45) is 0 Å². The molecule has 0 aliphatic heterocycles. The number of rotatable bonds is 6. The molecule has 5 nitrogen and oxygen atoms in total. The molecule has 1 heterocycles. The van der Waals surface area contributed by atoms with Crippen LogP contribution in [0.4, 0.5) is 4.39 Å². The van der Waals surface area contributed by atoms with Crippen LogP contribution in [-0.4, -0.2) is 38.8 Å². The Hall–Kier alpha value is -1.89. The van der Waals surface area contributed by atoms with E-state index in [0.717, 1.165) is 4.90 Å². The van der Waals surface area contributed by atoms with Crippen LogP contribution in [0.2, 0.25) is 0 Å². The lowest BCUT2D eigenvalue weighted by Gasteiger charge is -2.15. The van der Waals surface area contributed by atoms with Crippen molar-refractivity contribution in [1.29, 1.82) is 0 Å². The fourth-order valence-corrected chi connectivity index (χ4v) is 2.44. The number of hydrogen-bond acceptors (Lipinski definition) is 4. The van der Waals surface area contributed by atoms with Crippen molar-refractivity contribution in [1.82, 2.24) is 20.1 Å². The number of thioether (sulfide) groups is 1. The van der Waals surface area contributed by atoms with Crippen LogP contribution >= 0.6 is 11.8 Å². The van der Waals surface area contributed by atoms with E-state index in [0.29, 0.717) is 24.5 Å². The summed E-state index contributed by atoms with van der Waals surface area (Å²) in [7, 11) is 1.73. The second-order valence-corrected chi connectivity index (χ2v) is 5.40. The number of carbonyl (C=O) groups excluding carboxylic acids is 1. The topological polar surface area (TPSA) is 61.9 Å². The summed E-state index contributed by atoms with van der Waals surface area (Å²) < 4.78 is 12.7. The Morgan fingerprint density at radius 3 is 2.80 bits per heavy atom. The summed E-state index contributed by atoms with van der Waals surface area (Å²) in [6, 6.07) is 6.26. The normalized spacial score (nSPS) is 10.5. The van der Waals surface area contributed by atoms with Gasteiger partial charge in [-0.2, -0.15) is 5.10 Å². The summed E-state index contributed by atoms with van der Waals surface area (Å²) in [5, 5.41) is 6.45. The maximum Gasteiger partial charge on any atom is 0.223 e. The lowest BCUT2D eigenvalue weighted by Crippen LogP contribution is -2.26. The van der Waals surface area contributed by atoms with Crippen LogP contribution in [0.3, 0.4) is 0 Å². The van der Waals surface area contributed by atoms with Crippen molar-refractivity contribution in [3.63, 3.8) is 0 Å². The van der Waals surface area contributed by atoms with Gasteiger partial charge in [0.1, 0.15) is 18.0 Å². The SMILES string of the molecule is CN(Cc1ncn[nH]1)C(=O)CCSc1ccc(F)cc1. The first-order valence-electron chi connectivity index (χ1n) is 6.12. The molecule has 7 heteroatoms. The Morgan fingerprint density at radius 2 is 2.15 bits per heavy atom. The molecule has 0 bridgehead atoms. The number of benzene rings is 1. The van der Waals surface area contributed by atoms with E-state index in [2.05, 4.69) is 15.2 Å². The van der Waals surface area contributed by atoms with E-state index in [9.17, 15) is 9.18 Å². The molecule has 106 valence electrons. The highest BCUT2D eigenvalue weighted by Gasteiger charge is 2.10. The molecule has 0 radical (unpaired) electrons. The summed E-state index contributed by atoms with van der Waals surface area (Å²) in [4.78, 5) is 18.4. The van der Waals surface area contributed by atoms with Gasteiger partial charge >= 0.3 is 0 Å². The summed E-state index contributed by atoms with van der Waals surface area (Å²) in [6.07, 6.45) is 1.84. The maximum atomic E-state index is 12.7. The van der Waals surface area contributed by atoms with Gasteiger partial charge in [-0.1, -0.05) is 0 Å². The highest BCUT2D eigenvalue weighted by Crippen LogP contribution is 2.19. The van der Waals surface area contributed by atoms with E-state index >= 15 is 0 Å². The third-order valence-electron chi connectivity index (χ3n) is 2.68. The monoisotopic (exact) mass is 294 g/mol. The van der Waals surface area contributed by atoms with Crippen molar-refractivity contribution in [2.75, 3.05) is 12.8 Å². The van der Waals surface area contributed by atoms with E-state index in [1.165, 1.54) is 30.2 Å². The molecule has 0 saturated carbocycles. The number of nitrogens with zero attached hydrogens (tertiary/aromatic N) is 3. The fourth-order valence-electron chi connectivity index (χ4n) is 1.60. The number of nitrogens with one attached hydrogen (secondary N) is 1. The van der Waals surface area contributed by atoms with E-state index in [-0.39, 0.29) is 11.7 Å². The van der Waals surface area contributed by atoms with Crippen molar-refractivity contribution >= 4 is 17.7 Å². The quantitative estimate of drug-likeness (QED) is 0.829. The van der Waals surface area contributed by atoms with Gasteiger partial charge in [0.05, 0.1) is 6.54 Å². The molecule has 0 saturated heterocycles. The van der Waals surface area contributed by atoms with Crippen LogP contribution in [0.5, 0.6) is 0 Å². The number of aromatic nitrogens is 3. The summed E-state index contributed by atoms with van der Waals surface area (Å²) in [6.45, 7) is 0.417. The lowest BCUT2D eigenvalue weighted by atomic mass is 10.3. The van der Waals surface area contributed by atoms with Crippen molar-refractivity contribution in [3.8, 4) is 0 Å². The smallest absolute Gasteiger partial charge is 0.223 e. The Morgan fingerprint density at radius 1 is 1.40 bits per heavy atom. The Balaban J connectivity index is 1.73. The van der Waals surface area contributed by atoms with Gasteiger partial charge < -0.3 is 4.90 Å². The third-order valence-corrected chi connectivity index (χ3v) is 3.69. The Kier molecular flexibility index (Phi) is 5.11. The summed E-state index contributed by atoms with van der Waals surface area (Å²) >= 11 is 1.53. The molecule has 20 heavy (non-hydrogen) atoms. The van der Waals surface area contributed by atoms with Gasteiger partial charge in [-0.25, -0.2) is 9.37 Å². The zero-order chi connectivity index (χ0) is 14.4. The van der Waals surface area contributed by atoms with Gasteiger partial charge in [0.2, 0.25) is 5.91 Å². The van der Waals surface area contributed by atoms with Gasteiger partial charge in [-0.15, -0.1) is 11.8 Å². The first kappa shape index (κ1) is 14.5. The zero-order valence-corrected chi connectivity index (χ0v) is 11.9. The second kappa shape index (κ2) is 7.04. The van der Waals surface area contributed by atoms with Crippen LogP contribution in [0.15, 0.2) is 35.5 Å². The maximum absolute atomic E-state index is 12.7. The van der Waals surface area contributed by atoms with Crippen LogP contribution in [0, 0.1) is 5.82 Å². The minimum atomic E-state index is -0.253. The van der Waals surface area contributed by atoms with E-state index in [1.54, 1.807) is 24.1 Å². The summed E-state index contributed by atoms with van der Waals surface area (Å²) in [5.41, 5.74) is 0. The molecule has 1 aromatic carbocycles. The molecule has 2 aromatic rings. The Labute approximate surface area is 120 Å². The van der Waals surface area contributed by atoms with E-state index < -0.39 is 0 Å². The van der Waals surface area contributed by atoms with Crippen molar-refractivity contribution in [3.05, 3.63) is 42.2 Å². The number of carbonyl (C=O) groups is 1. The molecule has 0 atom stereocenters. The number of H-pyrrole nitrogens is 1. The standard InChI is InChI=1S/C13H15FN4OS/c1-18(8-12-15-9-16-17-12)13(19)6-7-20-11-4-2-10(14)3-5-11/h2-5,9H,6-8H2,1H3,(H,15,16,17). The zero-order valence-electron chi connectivity index (χ0n) is 11.0. The largest absolute Gasteiger partial charge is 0.338 e. The fraction of sp³-hybridized carbons (Fsp3) is 0.308. The minimum Gasteiger partial charge on any atom is -0.338 e. The average molecular weight is 294 g/mol. The third kappa shape index (κ3) is 4.34. The predicted octanol–water partition coefficient (Wildman–Crippen LogP) is 2.08. The van der Waals surface area contributed by atoms with Gasteiger partial charge in [0, 0.05) is 24.1 Å². The molecule has 1 amide bonds. The first-order valence-corrected chi connectivity index (χ1v) is 7.10. The van der Waals surface area contributed by atoms with Gasteiger partial charge in [-0.3, -0.25) is 9.89 Å². The van der Waals surface area contributed by atoms with Crippen LogP contribution in [0.1, 0.15) is 12.2 Å². The second-order valence-electron chi connectivity index (χ2n) is 4.23. The molecule has 0 fully saturated rings. The number of amides is 1. The van der Waals surface area contributed by atoms with Crippen LogP contribution < -0.4 is 0 Å². The molecular weight excluding hydrogens is 279 g/mol. The molecule has 1 N–H and O–H groups in total. The van der Waals surface area contributed by atoms with Crippen LogP contribution in [0.25, 0.3) is 0 Å². The summed E-state index contributed by atoms with van der Waals surface area (Å²) in [5.74, 6) is 1.10. The highest BCUT2D eigenvalue weighted by atomic mass is 32.2. The van der Waals surface area contributed by atoms with E-state index in [4.69, 9.17) is 0 Å². The average Bonchev–Trinajstić information content (AvgIpc) is 2.93. The van der Waals surface area contributed by atoms with E-state index in [1.807, 2.05) is 0 Å².